The van der Waals surface area contributed by atoms with E-state index in [1.54, 1.807) is 24.3 Å². The SMILES string of the molecule is CCOc1ccc(NC(=O)c2cc(N)c(Cl)c(Cl)c2)cc1. The van der Waals surface area contributed by atoms with E-state index in [0.29, 0.717) is 17.9 Å². The molecule has 2 rings (SSSR count). The predicted octanol–water partition coefficient (Wildman–Crippen LogP) is 4.23. The Kier molecular flexibility index (Phi) is 4.94. The lowest BCUT2D eigenvalue weighted by atomic mass is 10.2. The van der Waals surface area contributed by atoms with Crippen LogP contribution in [0.25, 0.3) is 0 Å². The predicted molar refractivity (Wildman–Crippen MR) is 86.4 cm³/mol. The molecule has 0 bridgehead atoms. The Balaban J connectivity index is 2.14. The van der Waals surface area contributed by atoms with Gasteiger partial charge in [-0.1, -0.05) is 23.2 Å². The van der Waals surface area contributed by atoms with Crippen LogP contribution in [-0.4, -0.2) is 12.5 Å². The minimum atomic E-state index is -0.315. The first-order chi connectivity index (χ1) is 10.0. The minimum absolute atomic E-state index is 0.244. The van der Waals surface area contributed by atoms with E-state index in [4.69, 9.17) is 33.7 Å². The average Bonchev–Trinajstić information content (AvgIpc) is 2.46. The average molecular weight is 325 g/mol. The van der Waals surface area contributed by atoms with Crippen LogP contribution in [0.2, 0.25) is 10.0 Å². The summed E-state index contributed by atoms with van der Waals surface area (Å²) in [6.45, 7) is 2.50. The maximum Gasteiger partial charge on any atom is 0.255 e. The molecule has 2 aromatic rings. The maximum absolute atomic E-state index is 12.1. The first kappa shape index (κ1) is 15.5. The van der Waals surface area contributed by atoms with E-state index >= 15 is 0 Å². The van der Waals surface area contributed by atoms with Crippen molar-refractivity contribution in [3.05, 3.63) is 52.0 Å². The topological polar surface area (TPSA) is 64.3 Å². The Bertz CT molecular complexity index is 634. The Morgan fingerprint density at radius 1 is 1.24 bits per heavy atom. The van der Waals surface area contributed by atoms with E-state index in [1.165, 1.54) is 12.1 Å². The van der Waals surface area contributed by atoms with Crippen molar-refractivity contribution in [3.8, 4) is 5.75 Å². The molecular formula is C15H14Cl2N2O2. The van der Waals surface area contributed by atoms with Crippen LogP contribution in [0.15, 0.2) is 36.4 Å². The van der Waals surface area contributed by atoms with Crippen molar-refractivity contribution in [2.45, 2.75) is 6.92 Å². The van der Waals surface area contributed by atoms with E-state index in [-0.39, 0.29) is 21.6 Å². The van der Waals surface area contributed by atoms with E-state index in [0.717, 1.165) is 5.75 Å². The normalized spacial score (nSPS) is 10.2. The van der Waals surface area contributed by atoms with Crippen LogP contribution in [0.5, 0.6) is 5.75 Å². The van der Waals surface area contributed by atoms with Gasteiger partial charge < -0.3 is 15.8 Å². The summed E-state index contributed by atoms with van der Waals surface area (Å²) in [6, 6.07) is 10.0. The van der Waals surface area contributed by atoms with Crippen LogP contribution in [0.3, 0.4) is 0 Å². The quantitative estimate of drug-likeness (QED) is 0.827. The van der Waals surface area contributed by atoms with Crippen LogP contribution in [0.4, 0.5) is 11.4 Å². The number of nitrogens with one attached hydrogen (secondary N) is 1. The summed E-state index contributed by atoms with van der Waals surface area (Å²) >= 11 is 11.8. The lowest BCUT2D eigenvalue weighted by Crippen LogP contribution is -2.12. The van der Waals surface area contributed by atoms with Gasteiger partial charge in [-0.3, -0.25) is 4.79 Å². The van der Waals surface area contributed by atoms with Crippen LogP contribution in [0.1, 0.15) is 17.3 Å². The monoisotopic (exact) mass is 324 g/mol. The van der Waals surface area contributed by atoms with Crippen molar-refractivity contribution in [2.75, 3.05) is 17.7 Å². The molecule has 21 heavy (non-hydrogen) atoms. The lowest BCUT2D eigenvalue weighted by molar-refractivity contribution is 0.102. The Morgan fingerprint density at radius 2 is 1.90 bits per heavy atom. The molecule has 0 radical (unpaired) electrons. The Labute approximate surface area is 132 Å². The maximum atomic E-state index is 12.1. The van der Waals surface area contributed by atoms with Crippen molar-refractivity contribution >= 4 is 40.5 Å². The molecule has 0 spiro atoms. The van der Waals surface area contributed by atoms with Crippen molar-refractivity contribution in [3.63, 3.8) is 0 Å². The summed E-state index contributed by atoms with van der Waals surface area (Å²) < 4.78 is 5.33. The van der Waals surface area contributed by atoms with Gasteiger partial charge in [0, 0.05) is 11.3 Å². The standard InChI is InChI=1S/C15H14Cl2N2O2/c1-2-21-11-5-3-10(4-6-11)19-15(20)9-7-12(16)14(17)13(18)8-9/h3-8H,2,18H2,1H3,(H,19,20). The molecule has 0 fully saturated rings. The molecule has 0 saturated heterocycles. The molecule has 110 valence electrons. The van der Waals surface area contributed by atoms with Crippen LogP contribution in [-0.2, 0) is 0 Å². The highest BCUT2D eigenvalue weighted by Crippen LogP contribution is 2.29. The number of nitrogen functional groups attached to an aromatic ring is 1. The van der Waals surface area contributed by atoms with Crippen molar-refractivity contribution in [2.24, 2.45) is 0 Å². The molecule has 6 heteroatoms. The summed E-state index contributed by atoms with van der Waals surface area (Å²) in [4.78, 5) is 12.1. The zero-order valence-corrected chi connectivity index (χ0v) is 12.8. The van der Waals surface area contributed by atoms with E-state index < -0.39 is 0 Å². The number of halogens is 2. The Morgan fingerprint density at radius 3 is 2.48 bits per heavy atom. The summed E-state index contributed by atoms with van der Waals surface area (Å²) in [7, 11) is 0. The van der Waals surface area contributed by atoms with E-state index in [2.05, 4.69) is 5.32 Å². The number of anilines is 2. The van der Waals surface area contributed by atoms with Gasteiger partial charge >= 0.3 is 0 Å². The number of carbonyl (C=O) groups excluding carboxylic acids is 1. The summed E-state index contributed by atoms with van der Waals surface area (Å²) in [6.07, 6.45) is 0. The molecule has 0 aliphatic rings. The van der Waals surface area contributed by atoms with Gasteiger partial charge in [0.1, 0.15) is 5.75 Å². The van der Waals surface area contributed by atoms with Gasteiger partial charge in [-0.05, 0) is 43.3 Å². The molecular weight excluding hydrogens is 311 g/mol. The number of rotatable bonds is 4. The zero-order valence-electron chi connectivity index (χ0n) is 11.3. The molecule has 0 unspecified atom stereocenters. The highest BCUT2D eigenvalue weighted by Gasteiger charge is 2.11. The molecule has 0 aliphatic heterocycles. The molecule has 0 saturated carbocycles. The van der Waals surface area contributed by atoms with Gasteiger partial charge in [-0.25, -0.2) is 0 Å². The van der Waals surface area contributed by atoms with Gasteiger partial charge in [0.05, 0.1) is 22.3 Å². The van der Waals surface area contributed by atoms with Crippen molar-refractivity contribution in [1.82, 2.24) is 0 Å². The molecule has 4 nitrogen and oxygen atoms in total. The summed E-state index contributed by atoms with van der Waals surface area (Å²) in [5.74, 6) is 0.429. The van der Waals surface area contributed by atoms with Crippen molar-refractivity contribution < 1.29 is 9.53 Å². The third-order valence-electron chi connectivity index (χ3n) is 2.74. The van der Waals surface area contributed by atoms with Gasteiger partial charge in [-0.15, -0.1) is 0 Å². The minimum Gasteiger partial charge on any atom is -0.494 e. The fraction of sp³-hybridized carbons (Fsp3) is 0.133. The van der Waals surface area contributed by atoms with E-state index in [1.807, 2.05) is 6.92 Å². The first-order valence-corrected chi connectivity index (χ1v) is 7.05. The van der Waals surface area contributed by atoms with Crippen molar-refractivity contribution in [1.29, 1.82) is 0 Å². The number of hydrogen-bond donors (Lipinski definition) is 2. The molecule has 2 aromatic carbocycles. The second-order valence-electron chi connectivity index (χ2n) is 4.27. The highest BCUT2D eigenvalue weighted by molar-refractivity contribution is 6.44. The first-order valence-electron chi connectivity index (χ1n) is 6.30. The fourth-order valence-corrected chi connectivity index (χ4v) is 2.08. The Hall–Kier alpha value is -1.91. The lowest BCUT2D eigenvalue weighted by Gasteiger charge is -2.09. The molecule has 0 aromatic heterocycles. The molecule has 0 aliphatic carbocycles. The van der Waals surface area contributed by atoms with Crippen LogP contribution >= 0.6 is 23.2 Å². The van der Waals surface area contributed by atoms with E-state index in [9.17, 15) is 4.79 Å². The van der Waals surface area contributed by atoms with Crippen LogP contribution in [0, 0.1) is 0 Å². The summed E-state index contributed by atoms with van der Waals surface area (Å²) in [5, 5.41) is 3.24. The molecule has 0 heterocycles. The van der Waals surface area contributed by atoms with Crippen LogP contribution < -0.4 is 15.8 Å². The van der Waals surface area contributed by atoms with Gasteiger partial charge in [-0.2, -0.15) is 0 Å². The number of nitrogens with two attached hydrogens (primary N) is 1. The third-order valence-corrected chi connectivity index (χ3v) is 3.56. The number of carbonyl (C=O) groups is 1. The van der Waals surface area contributed by atoms with Gasteiger partial charge in [0.15, 0.2) is 0 Å². The van der Waals surface area contributed by atoms with Gasteiger partial charge in [0.2, 0.25) is 0 Å². The third kappa shape index (κ3) is 3.80. The largest absolute Gasteiger partial charge is 0.494 e. The molecule has 0 atom stereocenters. The number of hydrogen-bond acceptors (Lipinski definition) is 3. The zero-order chi connectivity index (χ0) is 15.4. The number of benzene rings is 2. The number of amides is 1. The van der Waals surface area contributed by atoms with Gasteiger partial charge in [0.25, 0.3) is 5.91 Å². The molecule has 3 N–H and O–H groups in total. The smallest absolute Gasteiger partial charge is 0.255 e. The second kappa shape index (κ2) is 6.70. The fourth-order valence-electron chi connectivity index (χ4n) is 1.75. The highest BCUT2D eigenvalue weighted by atomic mass is 35.5. The molecule has 1 amide bonds. The summed E-state index contributed by atoms with van der Waals surface area (Å²) in [5.41, 5.74) is 6.95. The number of ether oxygens (including phenoxy) is 1. The second-order valence-corrected chi connectivity index (χ2v) is 5.06.